The van der Waals surface area contributed by atoms with E-state index in [0.717, 1.165) is 6.42 Å². The van der Waals surface area contributed by atoms with Crippen molar-refractivity contribution in [1.29, 1.82) is 0 Å². The van der Waals surface area contributed by atoms with E-state index in [0.29, 0.717) is 31.9 Å². The van der Waals surface area contributed by atoms with Gasteiger partial charge in [0.05, 0.1) is 17.8 Å². The molecule has 1 aliphatic rings. The number of furan rings is 1. The number of amides is 1. The molecule has 0 saturated carbocycles. The summed E-state index contributed by atoms with van der Waals surface area (Å²) in [6, 6.07) is 9.40. The highest BCUT2D eigenvalue weighted by Gasteiger charge is 2.30. The number of hydrogen-bond acceptors (Lipinski definition) is 6. The van der Waals surface area contributed by atoms with Gasteiger partial charge in [0.15, 0.2) is 5.76 Å². The summed E-state index contributed by atoms with van der Waals surface area (Å²) in [5.41, 5.74) is 0.382. The number of carbonyl (C=O) groups is 1. The van der Waals surface area contributed by atoms with Crippen molar-refractivity contribution in [2.75, 3.05) is 38.1 Å². The Balaban J connectivity index is 1.70. The van der Waals surface area contributed by atoms with Crippen LogP contribution in [0.15, 0.2) is 52.0 Å². The Morgan fingerprint density at radius 3 is 2.57 bits per heavy atom. The maximum absolute atomic E-state index is 13.0. The molecular formula is C19H25N3O5S. The first kappa shape index (κ1) is 20.5. The largest absolute Gasteiger partial charge is 0.459 e. The zero-order chi connectivity index (χ0) is 20.1. The molecule has 0 unspecified atom stereocenters. The second-order valence-electron chi connectivity index (χ2n) is 6.64. The fourth-order valence-corrected chi connectivity index (χ4v) is 4.76. The number of carbonyl (C=O) groups excluding carboxylic acids is 1. The molecule has 3 rings (SSSR count). The lowest BCUT2D eigenvalue weighted by molar-refractivity contribution is 0.0881. The lowest BCUT2D eigenvalue weighted by atomic mass is 10.2. The molecule has 0 bridgehead atoms. The van der Waals surface area contributed by atoms with Crippen LogP contribution in [-0.4, -0.2) is 67.5 Å². The van der Waals surface area contributed by atoms with Crippen molar-refractivity contribution in [2.24, 2.45) is 0 Å². The van der Waals surface area contributed by atoms with Crippen molar-refractivity contribution in [1.82, 2.24) is 9.21 Å². The van der Waals surface area contributed by atoms with E-state index in [9.17, 15) is 18.3 Å². The summed E-state index contributed by atoms with van der Waals surface area (Å²) in [6.07, 6.45) is 2.22. The Bertz CT molecular complexity index is 886. The van der Waals surface area contributed by atoms with E-state index in [4.69, 9.17) is 4.42 Å². The summed E-state index contributed by atoms with van der Waals surface area (Å²) < 4.78 is 32.5. The molecule has 0 radical (unpaired) electrons. The quantitative estimate of drug-likeness (QED) is 0.723. The Morgan fingerprint density at radius 2 is 1.96 bits per heavy atom. The Morgan fingerprint density at radius 1 is 1.21 bits per heavy atom. The van der Waals surface area contributed by atoms with Crippen LogP contribution in [0.25, 0.3) is 0 Å². The van der Waals surface area contributed by atoms with Gasteiger partial charge < -0.3 is 14.8 Å². The number of nitrogens with one attached hydrogen (secondary N) is 1. The highest BCUT2D eigenvalue weighted by molar-refractivity contribution is 7.89. The highest BCUT2D eigenvalue weighted by Crippen LogP contribution is 2.22. The van der Waals surface area contributed by atoms with Gasteiger partial charge in [-0.1, -0.05) is 13.0 Å². The molecule has 8 nitrogen and oxygen atoms in total. The normalized spacial score (nSPS) is 17.4. The van der Waals surface area contributed by atoms with Gasteiger partial charge in [0, 0.05) is 37.9 Å². The predicted molar refractivity (Wildman–Crippen MR) is 105 cm³/mol. The van der Waals surface area contributed by atoms with E-state index in [2.05, 4.69) is 10.2 Å². The van der Waals surface area contributed by atoms with E-state index >= 15 is 0 Å². The second kappa shape index (κ2) is 8.87. The highest BCUT2D eigenvalue weighted by atomic mass is 32.2. The molecule has 152 valence electrons. The fraction of sp³-hybridized carbons (Fsp3) is 0.421. The molecule has 0 aliphatic carbocycles. The SMILES string of the molecule is CC[C@@H](CO)N1CCN(S(=O)(=O)c2cccc(NC(=O)c3ccco3)c2)CC1. The van der Waals surface area contributed by atoms with E-state index in [1.165, 1.54) is 28.8 Å². The van der Waals surface area contributed by atoms with Crippen molar-refractivity contribution in [3.05, 3.63) is 48.4 Å². The molecular weight excluding hydrogens is 382 g/mol. The van der Waals surface area contributed by atoms with Gasteiger partial charge in [-0.25, -0.2) is 8.42 Å². The lowest BCUT2D eigenvalue weighted by Gasteiger charge is -2.37. The molecule has 28 heavy (non-hydrogen) atoms. The van der Waals surface area contributed by atoms with Gasteiger partial charge in [0.1, 0.15) is 0 Å². The molecule has 2 heterocycles. The summed E-state index contributed by atoms with van der Waals surface area (Å²) in [5, 5.41) is 12.1. The molecule has 2 N–H and O–H groups in total. The number of piperazine rings is 1. The molecule has 0 spiro atoms. The van der Waals surface area contributed by atoms with E-state index in [1.807, 2.05) is 6.92 Å². The zero-order valence-corrected chi connectivity index (χ0v) is 16.6. The predicted octanol–water partition coefficient (Wildman–Crippen LogP) is 1.61. The molecule has 1 fully saturated rings. The van der Waals surface area contributed by atoms with Gasteiger partial charge in [-0.2, -0.15) is 4.31 Å². The Kier molecular flexibility index (Phi) is 6.50. The van der Waals surface area contributed by atoms with Crippen LogP contribution in [0.2, 0.25) is 0 Å². The number of aliphatic hydroxyl groups excluding tert-OH is 1. The molecule has 1 atom stereocenters. The molecule has 1 amide bonds. The van der Waals surface area contributed by atoms with Gasteiger partial charge in [0.2, 0.25) is 10.0 Å². The zero-order valence-electron chi connectivity index (χ0n) is 15.7. The average Bonchev–Trinajstić information content (AvgIpc) is 3.25. The summed E-state index contributed by atoms with van der Waals surface area (Å²) in [5.74, 6) is -0.290. The van der Waals surface area contributed by atoms with Crippen LogP contribution in [0.1, 0.15) is 23.9 Å². The molecule has 2 aromatic rings. The number of benzene rings is 1. The van der Waals surface area contributed by atoms with Crippen LogP contribution < -0.4 is 5.32 Å². The maximum Gasteiger partial charge on any atom is 0.291 e. The van der Waals surface area contributed by atoms with Gasteiger partial charge in [-0.15, -0.1) is 0 Å². The number of aliphatic hydroxyl groups is 1. The first-order chi connectivity index (χ1) is 13.5. The number of hydrogen-bond donors (Lipinski definition) is 2. The monoisotopic (exact) mass is 407 g/mol. The first-order valence-electron chi connectivity index (χ1n) is 9.25. The Hall–Kier alpha value is -2.20. The molecule has 1 aliphatic heterocycles. The Labute approximate surface area is 164 Å². The van der Waals surface area contributed by atoms with Crippen LogP contribution in [0, 0.1) is 0 Å². The van der Waals surface area contributed by atoms with Crippen molar-refractivity contribution in [3.8, 4) is 0 Å². The van der Waals surface area contributed by atoms with Gasteiger partial charge in [-0.3, -0.25) is 9.69 Å². The standard InChI is InChI=1S/C19H25N3O5S/c1-2-16(14-23)21-8-10-22(11-9-21)28(25,26)17-6-3-5-15(13-17)20-19(24)18-7-4-12-27-18/h3-7,12-13,16,23H,2,8-11,14H2,1H3,(H,20,24)/t16-/m0/s1. The molecule has 9 heteroatoms. The van der Waals surface area contributed by atoms with Crippen LogP contribution in [0.5, 0.6) is 0 Å². The summed E-state index contributed by atoms with van der Waals surface area (Å²) >= 11 is 0. The lowest BCUT2D eigenvalue weighted by Crippen LogP contribution is -2.52. The summed E-state index contributed by atoms with van der Waals surface area (Å²) in [7, 11) is -3.67. The minimum Gasteiger partial charge on any atom is -0.459 e. The summed E-state index contributed by atoms with van der Waals surface area (Å²) in [6.45, 7) is 3.96. The van der Waals surface area contributed by atoms with Crippen LogP contribution >= 0.6 is 0 Å². The van der Waals surface area contributed by atoms with Gasteiger partial charge in [0.25, 0.3) is 5.91 Å². The van der Waals surface area contributed by atoms with Crippen LogP contribution in [0.3, 0.4) is 0 Å². The molecule has 1 saturated heterocycles. The molecule has 1 aromatic heterocycles. The topological polar surface area (TPSA) is 103 Å². The number of sulfonamides is 1. The van der Waals surface area contributed by atoms with Crippen molar-refractivity contribution in [2.45, 2.75) is 24.3 Å². The first-order valence-corrected chi connectivity index (χ1v) is 10.7. The van der Waals surface area contributed by atoms with Crippen molar-refractivity contribution in [3.63, 3.8) is 0 Å². The van der Waals surface area contributed by atoms with Crippen LogP contribution in [-0.2, 0) is 10.0 Å². The van der Waals surface area contributed by atoms with E-state index in [1.54, 1.807) is 18.2 Å². The van der Waals surface area contributed by atoms with E-state index < -0.39 is 15.9 Å². The van der Waals surface area contributed by atoms with Crippen molar-refractivity contribution >= 4 is 21.6 Å². The fourth-order valence-electron chi connectivity index (χ4n) is 3.30. The number of rotatable bonds is 7. The third kappa shape index (κ3) is 4.44. The second-order valence-corrected chi connectivity index (χ2v) is 8.58. The third-order valence-electron chi connectivity index (χ3n) is 4.95. The van der Waals surface area contributed by atoms with Crippen molar-refractivity contribution < 1.29 is 22.7 Å². The maximum atomic E-state index is 13.0. The number of anilines is 1. The van der Waals surface area contributed by atoms with Gasteiger partial charge >= 0.3 is 0 Å². The summed E-state index contributed by atoms with van der Waals surface area (Å²) in [4.78, 5) is 14.4. The molecule has 1 aromatic carbocycles. The van der Waals surface area contributed by atoms with Gasteiger partial charge in [-0.05, 0) is 36.8 Å². The third-order valence-corrected chi connectivity index (χ3v) is 6.84. The van der Waals surface area contributed by atoms with Crippen LogP contribution in [0.4, 0.5) is 5.69 Å². The smallest absolute Gasteiger partial charge is 0.291 e. The number of nitrogens with zero attached hydrogens (tertiary/aromatic N) is 2. The van der Waals surface area contributed by atoms with E-state index in [-0.39, 0.29) is 23.3 Å². The average molecular weight is 407 g/mol. The minimum atomic E-state index is -3.67. The minimum absolute atomic E-state index is 0.0602.